The number of imide groups is 1. The van der Waals surface area contributed by atoms with Crippen molar-refractivity contribution in [3.8, 4) is 0 Å². The first-order valence-electron chi connectivity index (χ1n) is 10.9. The van der Waals surface area contributed by atoms with Crippen LogP contribution in [0.25, 0.3) is 0 Å². The van der Waals surface area contributed by atoms with Gasteiger partial charge in [-0.15, -0.1) is 0 Å². The monoisotopic (exact) mass is 395 g/mol. The molecule has 1 saturated heterocycles. The highest BCUT2D eigenvalue weighted by molar-refractivity contribution is 6.03. The second-order valence-electron chi connectivity index (χ2n) is 9.80. The van der Waals surface area contributed by atoms with Gasteiger partial charge < -0.3 is 21.7 Å². The summed E-state index contributed by atoms with van der Waals surface area (Å²) in [6.07, 6.45) is 2.42. The van der Waals surface area contributed by atoms with Crippen LogP contribution in [-0.4, -0.2) is 69.1 Å². The summed E-state index contributed by atoms with van der Waals surface area (Å²) in [4.78, 5) is 26.5. The number of nitrogens with two attached hydrogens (primary N) is 1. The average molecular weight is 396 g/mol. The van der Waals surface area contributed by atoms with E-state index in [1.54, 1.807) is 0 Å². The summed E-state index contributed by atoms with van der Waals surface area (Å²) in [6.45, 7) is 15.2. The number of likely N-dealkylation sites (tertiary alicyclic amines) is 1. The molecule has 2 aliphatic rings. The molecular weight excluding hydrogens is 354 g/mol. The Hall–Kier alpha value is -1.02. The SMILES string of the molecule is CC(C)(C)C1CC1(C)CC1CC(=O)N(CCNCCNCCNCCN)C1=O. The number of carbonyl (C=O) groups is 2. The molecule has 0 aromatic rings. The number of carbonyl (C=O) groups excluding carboxylic acids is 2. The maximum atomic E-state index is 12.7. The van der Waals surface area contributed by atoms with Gasteiger partial charge in [-0.2, -0.15) is 0 Å². The number of nitrogens with zero attached hydrogens (tertiary/aromatic N) is 1. The van der Waals surface area contributed by atoms with Crippen molar-refractivity contribution in [2.45, 2.75) is 47.0 Å². The second kappa shape index (κ2) is 10.1. The molecule has 3 atom stereocenters. The number of rotatable bonds is 13. The largest absolute Gasteiger partial charge is 0.329 e. The standard InChI is InChI=1S/C21H41N5O2/c1-20(2,3)17-15-21(17,4)14-16-13-18(27)26(19(16)28)12-11-25-10-9-24-8-7-23-6-5-22/h16-17,23-25H,5-15,22H2,1-4H3. The molecule has 5 N–H and O–H groups in total. The van der Waals surface area contributed by atoms with Gasteiger partial charge in [-0.05, 0) is 29.6 Å². The zero-order valence-corrected chi connectivity index (χ0v) is 18.3. The lowest BCUT2D eigenvalue weighted by Gasteiger charge is -2.24. The lowest BCUT2D eigenvalue weighted by Crippen LogP contribution is -2.39. The summed E-state index contributed by atoms with van der Waals surface area (Å²) in [6, 6.07) is 0. The molecule has 28 heavy (non-hydrogen) atoms. The molecule has 1 saturated carbocycles. The molecule has 162 valence electrons. The van der Waals surface area contributed by atoms with Crippen molar-refractivity contribution in [1.29, 1.82) is 0 Å². The lowest BCUT2D eigenvalue weighted by atomic mass is 9.81. The van der Waals surface area contributed by atoms with Crippen molar-refractivity contribution in [3.63, 3.8) is 0 Å². The fourth-order valence-corrected chi connectivity index (χ4v) is 4.71. The average Bonchev–Trinajstić information content (AvgIpc) is 3.23. The van der Waals surface area contributed by atoms with Crippen LogP contribution >= 0.6 is 0 Å². The van der Waals surface area contributed by atoms with Crippen LogP contribution in [0.2, 0.25) is 0 Å². The Morgan fingerprint density at radius 2 is 1.61 bits per heavy atom. The Labute approximate surface area is 170 Å². The summed E-state index contributed by atoms with van der Waals surface area (Å²) < 4.78 is 0. The quantitative estimate of drug-likeness (QED) is 0.269. The fourth-order valence-electron chi connectivity index (χ4n) is 4.71. The molecule has 1 heterocycles. The van der Waals surface area contributed by atoms with Gasteiger partial charge in [0, 0.05) is 64.7 Å². The van der Waals surface area contributed by atoms with Crippen LogP contribution in [0, 0.1) is 22.7 Å². The number of hydrogen-bond acceptors (Lipinski definition) is 6. The van der Waals surface area contributed by atoms with Crippen LogP contribution in [0.4, 0.5) is 0 Å². The molecule has 1 aliphatic heterocycles. The van der Waals surface area contributed by atoms with Gasteiger partial charge in [-0.3, -0.25) is 14.5 Å². The predicted molar refractivity (Wildman–Crippen MR) is 113 cm³/mol. The zero-order valence-electron chi connectivity index (χ0n) is 18.3. The first-order chi connectivity index (χ1) is 13.2. The summed E-state index contributed by atoms with van der Waals surface area (Å²) in [5.41, 5.74) is 5.91. The maximum Gasteiger partial charge on any atom is 0.232 e. The van der Waals surface area contributed by atoms with Crippen LogP contribution in [0.1, 0.15) is 47.0 Å². The topological polar surface area (TPSA) is 99.5 Å². The molecule has 2 amide bonds. The number of hydrogen-bond donors (Lipinski definition) is 4. The Morgan fingerprint density at radius 3 is 2.14 bits per heavy atom. The Balaban J connectivity index is 1.61. The molecule has 7 heteroatoms. The van der Waals surface area contributed by atoms with E-state index in [0.717, 1.165) is 39.1 Å². The van der Waals surface area contributed by atoms with Gasteiger partial charge in [0.05, 0.1) is 0 Å². The highest BCUT2D eigenvalue weighted by Crippen LogP contribution is 2.64. The van der Waals surface area contributed by atoms with Crippen LogP contribution in [-0.2, 0) is 9.59 Å². The smallest absolute Gasteiger partial charge is 0.232 e. The van der Waals surface area contributed by atoms with Crippen molar-refractivity contribution in [2.75, 3.05) is 52.4 Å². The molecule has 1 aliphatic carbocycles. The van der Waals surface area contributed by atoms with Crippen LogP contribution in [0.3, 0.4) is 0 Å². The molecular formula is C21H41N5O2. The molecule has 3 unspecified atom stereocenters. The molecule has 0 aromatic heterocycles. The molecule has 0 aromatic carbocycles. The summed E-state index contributed by atoms with van der Waals surface area (Å²) in [7, 11) is 0. The van der Waals surface area contributed by atoms with Crippen LogP contribution < -0.4 is 21.7 Å². The predicted octanol–water partition coefficient (Wildman–Crippen LogP) is 0.551. The number of nitrogens with one attached hydrogen (secondary N) is 3. The van der Waals surface area contributed by atoms with E-state index in [0.29, 0.717) is 32.0 Å². The van der Waals surface area contributed by atoms with Crippen molar-refractivity contribution < 1.29 is 9.59 Å². The van der Waals surface area contributed by atoms with E-state index in [1.807, 2.05) is 0 Å². The van der Waals surface area contributed by atoms with Gasteiger partial charge >= 0.3 is 0 Å². The third kappa shape index (κ3) is 6.51. The molecule has 7 nitrogen and oxygen atoms in total. The van der Waals surface area contributed by atoms with E-state index < -0.39 is 0 Å². The summed E-state index contributed by atoms with van der Waals surface area (Å²) >= 11 is 0. The van der Waals surface area contributed by atoms with Crippen LogP contribution in [0.15, 0.2) is 0 Å². The van der Waals surface area contributed by atoms with Gasteiger partial charge in [0.15, 0.2) is 0 Å². The van der Waals surface area contributed by atoms with Crippen molar-refractivity contribution >= 4 is 11.8 Å². The molecule has 2 fully saturated rings. The van der Waals surface area contributed by atoms with Gasteiger partial charge in [0.25, 0.3) is 0 Å². The highest BCUT2D eigenvalue weighted by Gasteiger charge is 2.57. The van der Waals surface area contributed by atoms with Gasteiger partial charge in [0.2, 0.25) is 11.8 Å². The zero-order chi connectivity index (χ0) is 20.8. The molecule has 0 spiro atoms. The van der Waals surface area contributed by atoms with E-state index in [1.165, 1.54) is 11.3 Å². The molecule has 0 radical (unpaired) electrons. The minimum atomic E-state index is -0.118. The second-order valence-corrected chi connectivity index (χ2v) is 9.80. The molecule has 0 bridgehead atoms. The van der Waals surface area contributed by atoms with E-state index in [2.05, 4.69) is 43.6 Å². The third-order valence-electron chi connectivity index (χ3n) is 6.24. The van der Waals surface area contributed by atoms with Crippen molar-refractivity contribution in [2.24, 2.45) is 28.4 Å². The Morgan fingerprint density at radius 1 is 1.04 bits per heavy atom. The van der Waals surface area contributed by atoms with E-state index >= 15 is 0 Å². The minimum Gasteiger partial charge on any atom is -0.329 e. The Bertz CT molecular complexity index is 533. The fraction of sp³-hybridized carbons (Fsp3) is 0.905. The van der Waals surface area contributed by atoms with Crippen molar-refractivity contribution in [3.05, 3.63) is 0 Å². The van der Waals surface area contributed by atoms with Crippen molar-refractivity contribution in [1.82, 2.24) is 20.9 Å². The molecule has 2 rings (SSSR count). The van der Waals surface area contributed by atoms with Gasteiger partial charge in [-0.1, -0.05) is 27.7 Å². The summed E-state index contributed by atoms with van der Waals surface area (Å²) in [5.74, 6) is 0.568. The summed E-state index contributed by atoms with van der Waals surface area (Å²) in [5, 5.41) is 9.87. The van der Waals surface area contributed by atoms with E-state index in [9.17, 15) is 9.59 Å². The first-order valence-corrected chi connectivity index (χ1v) is 10.9. The highest BCUT2D eigenvalue weighted by atomic mass is 16.2. The third-order valence-corrected chi connectivity index (χ3v) is 6.24. The normalized spacial score (nSPS) is 27.7. The minimum absolute atomic E-state index is 0.00235. The lowest BCUT2D eigenvalue weighted by molar-refractivity contribution is -0.139. The Kier molecular flexibility index (Phi) is 8.43. The maximum absolute atomic E-state index is 12.7. The van der Waals surface area contributed by atoms with E-state index in [4.69, 9.17) is 5.73 Å². The number of amides is 2. The first kappa shape index (κ1) is 23.3. The van der Waals surface area contributed by atoms with E-state index in [-0.39, 0.29) is 28.6 Å². The van der Waals surface area contributed by atoms with Gasteiger partial charge in [0.1, 0.15) is 0 Å². The van der Waals surface area contributed by atoms with Crippen LogP contribution in [0.5, 0.6) is 0 Å². The van der Waals surface area contributed by atoms with Gasteiger partial charge in [-0.25, -0.2) is 0 Å².